The number of piperazine rings is 1. The zero-order valence-corrected chi connectivity index (χ0v) is 20.0. The summed E-state index contributed by atoms with van der Waals surface area (Å²) in [6.07, 6.45) is 5.04. The smallest absolute Gasteiger partial charge is 0.254 e. The highest BCUT2D eigenvalue weighted by Gasteiger charge is 2.28. The van der Waals surface area contributed by atoms with E-state index in [9.17, 15) is 13.2 Å². The third kappa shape index (κ3) is 6.49. The molecular weight excluding hydrogens is 496 g/mol. The van der Waals surface area contributed by atoms with Crippen LogP contribution in [0, 0.1) is 0 Å². The first-order chi connectivity index (χ1) is 15.4. The molecule has 0 aliphatic carbocycles. The van der Waals surface area contributed by atoms with Gasteiger partial charge in [0.1, 0.15) is 5.75 Å². The quantitative estimate of drug-likeness (QED) is 0.426. The van der Waals surface area contributed by atoms with Gasteiger partial charge in [-0.3, -0.25) is 9.69 Å². The molecule has 3 rings (SSSR count). The lowest BCUT2D eigenvalue weighted by atomic mass is 10.2. The molecule has 0 aromatic heterocycles. The Morgan fingerprint density at radius 2 is 1.81 bits per heavy atom. The standard InChI is InChI=1S/C22H25BrN4O4S/c1-31-21-7-3-2-5-18(21)6-4-12-24-25-22(28)17-26-13-15-27(16-14-26)32(29,30)20-10-8-19(23)9-11-20/h2-12H,13-17H2,1H3,(H,25,28)/b6-4-,24-12+. The number of halogens is 1. The molecule has 32 heavy (non-hydrogen) atoms. The number of hydrogen-bond acceptors (Lipinski definition) is 6. The summed E-state index contributed by atoms with van der Waals surface area (Å²) < 4.78 is 33.0. The maximum absolute atomic E-state index is 12.8. The Hall–Kier alpha value is -2.53. The van der Waals surface area contributed by atoms with E-state index in [0.717, 1.165) is 15.8 Å². The van der Waals surface area contributed by atoms with Crippen LogP contribution in [0.3, 0.4) is 0 Å². The van der Waals surface area contributed by atoms with Gasteiger partial charge >= 0.3 is 0 Å². The van der Waals surface area contributed by atoms with Crippen LogP contribution in [0.5, 0.6) is 5.75 Å². The van der Waals surface area contributed by atoms with Crippen molar-refractivity contribution in [2.45, 2.75) is 4.90 Å². The molecule has 1 fully saturated rings. The highest BCUT2D eigenvalue weighted by atomic mass is 79.9. The number of carbonyl (C=O) groups is 1. The molecule has 0 radical (unpaired) electrons. The molecule has 0 unspecified atom stereocenters. The fourth-order valence-electron chi connectivity index (χ4n) is 3.23. The minimum Gasteiger partial charge on any atom is -0.496 e. The van der Waals surface area contributed by atoms with E-state index in [1.165, 1.54) is 10.5 Å². The van der Waals surface area contributed by atoms with Crippen molar-refractivity contribution in [1.82, 2.24) is 14.6 Å². The van der Waals surface area contributed by atoms with Crippen LogP contribution >= 0.6 is 15.9 Å². The van der Waals surface area contributed by atoms with Crippen molar-refractivity contribution < 1.29 is 17.9 Å². The number of hydrazone groups is 1. The number of ether oxygens (including phenoxy) is 1. The minimum atomic E-state index is -3.53. The summed E-state index contributed by atoms with van der Waals surface area (Å²) in [4.78, 5) is 14.3. The SMILES string of the molecule is COc1ccccc1/C=C\C=N\NC(=O)CN1CCN(S(=O)(=O)c2ccc(Br)cc2)CC1. The average Bonchev–Trinajstić information content (AvgIpc) is 2.80. The molecule has 1 heterocycles. The normalized spacial score (nSPS) is 15.9. The number of amides is 1. The Balaban J connectivity index is 1.44. The molecule has 1 aliphatic heterocycles. The maximum atomic E-state index is 12.8. The number of allylic oxidation sites excluding steroid dienone is 1. The molecule has 0 atom stereocenters. The Morgan fingerprint density at radius 1 is 1.12 bits per heavy atom. The molecule has 1 amide bonds. The van der Waals surface area contributed by atoms with E-state index in [-0.39, 0.29) is 17.3 Å². The zero-order chi connectivity index (χ0) is 23.0. The lowest BCUT2D eigenvalue weighted by Gasteiger charge is -2.33. The second-order valence-corrected chi connectivity index (χ2v) is 9.90. The highest BCUT2D eigenvalue weighted by Crippen LogP contribution is 2.20. The molecule has 1 N–H and O–H groups in total. The minimum absolute atomic E-state index is 0.153. The summed E-state index contributed by atoms with van der Waals surface area (Å²) in [6.45, 7) is 1.76. The van der Waals surface area contributed by atoms with Crippen LogP contribution in [0.15, 0.2) is 69.1 Å². The Morgan fingerprint density at radius 3 is 2.50 bits per heavy atom. The molecule has 2 aromatic carbocycles. The van der Waals surface area contributed by atoms with Crippen LogP contribution in [0.25, 0.3) is 6.08 Å². The summed E-state index contributed by atoms with van der Waals surface area (Å²) in [6, 6.07) is 14.2. The first-order valence-electron chi connectivity index (χ1n) is 10.00. The third-order valence-corrected chi connectivity index (χ3v) is 7.36. The van der Waals surface area contributed by atoms with Crippen LogP contribution in [-0.4, -0.2) is 69.6 Å². The predicted molar refractivity (Wildman–Crippen MR) is 128 cm³/mol. The van der Waals surface area contributed by atoms with Crippen molar-refractivity contribution in [1.29, 1.82) is 0 Å². The number of sulfonamides is 1. The second-order valence-electron chi connectivity index (χ2n) is 7.05. The van der Waals surface area contributed by atoms with Gasteiger partial charge in [0.15, 0.2) is 0 Å². The van der Waals surface area contributed by atoms with Gasteiger partial charge in [-0.05, 0) is 42.5 Å². The summed E-state index contributed by atoms with van der Waals surface area (Å²) >= 11 is 3.31. The fraction of sp³-hybridized carbons (Fsp3) is 0.273. The number of benzene rings is 2. The van der Waals surface area contributed by atoms with E-state index < -0.39 is 10.0 Å². The average molecular weight is 521 g/mol. The van der Waals surface area contributed by atoms with Crippen LogP contribution in [-0.2, 0) is 14.8 Å². The maximum Gasteiger partial charge on any atom is 0.254 e. The van der Waals surface area contributed by atoms with Gasteiger partial charge in [-0.25, -0.2) is 13.8 Å². The Bertz CT molecular complexity index is 1080. The van der Waals surface area contributed by atoms with Crippen LogP contribution < -0.4 is 10.2 Å². The molecular formula is C22H25BrN4O4S. The molecule has 2 aromatic rings. The van der Waals surface area contributed by atoms with Crippen LogP contribution in [0.1, 0.15) is 5.56 Å². The third-order valence-electron chi connectivity index (χ3n) is 4.91. The van der Waals surface area contributed by atoms with Gasteiger partial charge in [0.2, 0.25) is 10.0 Å². The van der Waals surface area contributed by atoms with E-state index in [0.29, 0.717) is 26.2 Å². The summed E-state index contributed by atoms with van der Waals surface area (Å²) in [7, 11) is -1.93. The topological polar surface area (TPSA) is 91.3 Å². The van der Waals surface area contributed by atoms with E-state index in [2.05, 4.69) is 26.5 Å². The van der Waals surface area contributed by atoms with Gasteiger partial charge < -0.3 is 4.74 Å². The largest absolute Gasteiger partial charge is 0.496 e. The van der Waals surface area contributed by atoms with Crippen molar-refractivity contribution in [2.75, 3.05) is 39.8 Å². The van der Waals surface area contributed by atoms with Crippen LogP contribution in [0.2, 0.25) is 0 Å². The van der Waals surface area contributed by atoms with Crippen molar-refractivity contribution >= 4 is 44.2 Å². The molecule has 0 bridgehead atoms. The molecule has 0 spiro atoms. The van der Waals surface area contributed by atoms with Crippen molar-refractivity contribution in [3.8, 4) is 5.75 Å². The highest BCUT2D eigenvalue weighted by molar-refractivity contribution is 9.10. The van der Waals surface area contributed by atoms with Gasteiger partial charge in [-0.2, -0.15) is 9.41 Å². The van der Waals surface area contributed by atoms with E-state index >= 15 is 0 Å². The van der Waals surface area contributed by atoms with Crippen molar-refractivity contribution in [3.63, 3.8) is 0 Å². The predicted octanol–water partition coefficient (Wildman–Crippen LogP) is 2.58. The molecule has 1 aliphatic rings. The number of nitrogens with zero attached hydrogens (tertiary/aromatic N) is 3. The number of hydrogen-bond donors (Lipinski definition) is 1. The number of para-hydroxylation sites is 1. The van der Waals surface area contributed by atoms with Crippen molar-refractivity contribution in [2.24, 2.45) is 5.10 Å². The van der Waals surface area contributed by atoms with Gasteiger partial charge in [0.25, 0.3) is 5.91 Å². The van der Waals surface area contributed by atoms with Gasteiger partial charge in [-0.15, -0.1) is 0 Å². The monoisotopic (exact) mass is 520 g/mol. The fourth-order valence-corrected chi connectivity index (χ4v) is 4.91. The number of methoxy groups -OCH3 is 1. The lowest BCUT2D eigenvalue weighted by Crippen LogP contribution is -2.50. The Kier molecular flexibility index (Phi) is 8.57. The number of nitrogens with one attached hydrogen (secondary N) is 1. The van der Waals surface area contributed by atoms with Crippen molar-refractivity contribution in [3.05, 3.63) is 64.6 Å². The van der Waals surface area contributed by atoms with Gasteiger partial charge in [-0.1, -0.05) is 34.1 Å². The zero-order valence-electron chi connectivity index (χ0n) is 17.6. The summed E-state index contributed by atoms with van der Waals surface area (Å²) in [5.74, 6) is 0.499. The number of carbonyl (C=O) groups excluding carboxylic acids is 1. The molecule has 170 valence electrons. The summed E-state index contributed by atoms with van der Waals surface area (Å²) in [5, 5.41) is 3.92. The molecule has 10 heteroatoms. The Labute approximate surface area is 196 Å². The second kappa shape index (κ2) is 11.4. The van der Waals surface area contributed by atoms with Crippen LogP contribution in [0.4, 0.5) is 0 Å². The first-order valence-corrected chi connectivity index (χ1v) is 12.2. The molecule has 0 saturated carbocycles. The van der Waals surface area contributed by atoms with E-state index in [1.807, 2.05) is 35.2 Å². The summed E-state index contributed by atoms with van der Waals surface area (Å²) in [5.41, 5.74) is 3.39. The lowest BCUT2D eigenvalue weighted by molar-refractivity contribution is -0.122. The van der Waals surface area contributed by atoms with E-state index in [1.54, 1.807) is 37.5 Å². The molecule has 1 saturated heterocycles. The number of rotatable bonds is 8. The first kappa shape index (κ1) is 24.1. The van der Waals surface area contributed by atoms with Gasteiger partial charge in [0, 0.05) is 42.4 Å². The van der Waals surface area contributed by atoms with Gasteiger partial charge in [0.05, 0.1) is 18.6 Å². The van der Waals surface area contributed by atoms with E-state index in [4.69, 9.17) is 4.74 Å². The molecule has 8 nitrogen and oxygen atoms in total.